The van der Waals surface area contributed by atoms with Gasteiger partial charge in [-0.25, -0.2) is 0 Å². The summed E-state index contributed by atoms with van der Waals surface area (Å²) in [6.45, 7) is 5.25. The van der Waals surface area contributed by atoms with Crippen molar-refractivity contribution in [3.8, 4) is 0 Å². The van der Waals surface area contributed by atoms with E-state index in [1.165, 1.54) is 17.7 Å². The molecule has 1 aliphatic heterocycles. The van der Waals surface area contributed by atoms with Gasteiger partial charge in [0.25, 0.3) is 0 Å². The van der Waals surface area contributed by atoms with Gasteiger partial charge in [0.05, 0.1) is 6.20 Å². The van der Waals surface area contributed by atoms with Crippen LogP contribution >= 0.6 is 0 Å². The topological polar surface area (TPSA) is 46.0 Å². The Hall–Kier alpha value is -1.88. The predicted octanol–water partition coefficient (Wildman–Crippen LogP) is 2.15. The third-order valence-electron chi connectivity index (χ3n) is 4.12. The fourth-order valence-electron chi connectivity index (χ4n) is 3.08. The molecule has 5 heteroatoms. The summed E-state index contributed by atoms with van der Waals surface area (Å²) in [5.74, 6) is 0.536. The summed E-state index contributed by atoms with van der Waals surface area (Å²) in [5.41, 5.74) is 4.74. The number of aryl methyl sites for hydroxylation is 2. The third kappa shape index (κ3) is 3.24. The number of aromatic nitrogens is 3. The monoisotopic (exact) mass is 285 g/mol. The molecule has 1 saturated heterocycles. The van der Waals surface area contributed by atoms with E-state index >= 15 is 0 Å². The number of anilines is 1. The standard InChI is InChI=1S/C16H23N5/c1-12-6-15(17-2)7-16(19-12)14-4-5-21(11-14)10-13-8-18-20(3)9-13/h6-9,14H,4-5,10-11H2,1-3H3,(H,17,19)/t14-/m0/s1. The minimum Gasteiger partial charge on any atom is -0.388 e. The lowest BCUT2D eigenvalue weighted by molar-refractivity contribution is 0.326. The normalized spacial score (nSPS) is 19.1. The third-order valence-corrected chi connectivity index (χ3v) is 4.12. The maximum atomic E-state index is 4.73. The molecule has 112 valence electrons. The lowest BCUT2D eigenvalue weighted by atomic mass is 10.0. The van der Waals surface area contributed by atoms with E-state index in [9.17, 15) is 0 Å². The molecule has 1 N–H and O–H groups in total. The highest BCUT2D eigenvalue weighted by Gasteiger charge is 2.25. The smallest absolute Gasteiger partial charge is 0.0534 e. The van der Waals surface area contributed by atoms with Crippen molar-refractivity contribution in [3.05, 3.63) is 41.5 Å². The first-order valence-corrected chi connectivity index (χ1v) is 7.50. The van der Waals surface area contributed by atoms with Gasteiger partial charge in [-0.15, -0.1) is 0 Å². The SMILES string of the molecule is CNc1cc(C)nc([C@H]2CCN(Cc3cnn(C)c3)C2)c1. The molecule has 1 atom stereocenters. The van der Waals surface area contributed by atoms with Gasteiger partial charge in [-0.2, -0.15) is 5.10 Å². The van der Waals surface area contributed by atoms with Crippen LogP contribution in [0.5, 0.6) is 0 Å². The second kappa shape index (κ2) is 5.85. The molecular weight excluding hydrogens is 262 g/mol. The van der Waals surface area contributed by atoms with E-state index in [2.05, 4.69) is 40.6 Å². The van der Waals surface area contributed by atoms with Crippen LogP contribution in [-0.4, -0.2) is 39.8 Å². The van der Waals surface area contributed by atoms with Crippen LogP contribution in [-0.2, 0) is 13.6 Å². The second-order valence-electron chi connectivity index (χ2n) is 5.92. The van der Waals surface area contributed by atoms with Gasteiger partial charge in [0.15, 0.2) is 0 Å². The summed E-state index contributed by atoms with van der Waals surface area (Å²) >= 11 is 0. The van der Waals surface area contributed by atoms with Gasteiger partial charge in [0.2, 0.25) is 0 Å². The van der Waals surface area contributed by atoms with Gasteiger partial charge in [-0.3, -0.25) is 14.6 Å². The molecule has 0 amide bonds. The minimum absolute atomic E-state index is 0.536. The number of rotatable bonds is 4. The van der Waals surface area contributed by atoms with Crippen LogP contribution in [0.3, 0.4) is 0 Å². The van der Waals surface area contributed by atoms with Crippen LogP contribution in [0.4, 0.5) is 5.69 Å². The summed E-state index contributed by atoms with van der Waals surface area (Å²) in [5, 5.41) is 7.46. The zero-order valence-corrected chi connectivity index (χ0v) is 13.0. The van der Waals surface area contributed by atoms with Gasteiger partial charge >= 0.3 is 0 Å². The first-order chi connectivity index (χ1) is 10.1. The number of nitrogens with zero attached hydrogens (tertiary/aromatic N) is 4. The lowest BCUT2D eigenvalue weighted by Crippen LogP contribution is -2.19. The number of pyridine rings is 1. The van der Waals surface area contributed by atoms with Gasteiger partial charge in [-0.05, 0) is 32.0 Å². The molecule has 0 spiro atoms. The number of hydrogen-bond donors (Lipinski definition) is 1. The van der Waals surface area contributed by atoms with Crippen molar-refractivity contribution in [1.82, 2.24) is 19.7 Å². The summed E-state index contributed by atoms with van der Waals surface area (Å²) in [6.07, 6.45) is 5.23. The quantitative estimate of drug-likeness (QED) is 0.935. The first kappa shape index (κ1) is 14.1. The maximum Gasteiger partial charge on any atom is 0.0534 e. The molecule has 1 aliphatic rings. The van der Waals surface area contributed by atoms with Crippen molar-refractivity contribution < 1.29 is 0 Å². The van der Waals surface area contributed by atoms with Crippen LogP contribution in [0.15, 0.2) is 24.5 Å². The van der Waals surface area contributed by atoms with E-state index in [4.69, 9.17) is 4.98 Å². The van der Waals surface area contributed by atoms with E-state index in [0.717, 1.165) is 31.0 Å². The molecule has 0 saturated carbocycles. The van der Waals surface area contributed by atoms with E-state index < -0.39 is 0 Å². The lowest BCUT2D eigenvalue weighted by Gasteiger charge is -2.15. The Kier molecular flexibility index (Phi) is 3.92. The molecule has 2 aromatic heterocycles. The maximum absolute atomic E-state index is 4.73. The van der Waals surface area contributed by atoms with Crippen molar-refractivity contribution in [2.45, 2.75) is 25.8 Å². The Balaban J connectivity index is 1.67. The number of nitrogens with one attached hydrogen (secondary N) is 1. The molecule has 3 rings (SSSR count). The van der Waals surface area contributed by atoms with E-state index in [1.54, 1.807) is 0 Å². The molecule has 0 aliphatic carbocycles. The van der Waals surface area contributed by atoms with E-state index in [-0.39, 0.29) is 0 Å². The number of likely N-dealkylation sites (tertiary alicyclic amines) is 1. The molecule has 0 aromatic carbocycles. The molecule has 2 aromatic rings. The fraction of sp³-hybridized carbons (Fsp3) is 0.500. The Morgan fingerprint density at radius 3 is 2.95 bits per heavy atom. The van der Waals surface area contributed by atoms with Crippen molar-refractivity contribution >= 4 is 5.69 Å². The Labute approximate surface area is 126 Å². The van der Waals surface area contributed by atoms with Gasteiger partial charge in [-0.1, -0.05) is 0 Å². The highest BCUT2D eigenvalue weighted by atomic mass is 15.2. The van der Waals surface area contributed by atoms with Crippen molar-refractivity contribution in [1.29, 1.82) is 0 Å². The minimum atomic E-state index is 0.536. The molecule has 0 bridgehead atoms. The van der Waals surface area contributed by atoms with Crippen LogP contribution in [0.25, 0.3) is 0 Å². The summed E-state index contributed by atoms with van der Waals surface area (Å²) in [4.78, 5) is 7.22. The summed E-state index contributed by atoms with van der Waals surface area (Å²) < 4.78 is 1.87. The van der Waals surface area contributed by atoms with Crippen molar-refractivity contribution in [2.75, 3.05) is 25.5 Å². The fourth-order valence-corrected chi connectivity index (χ4v) is 3.08. The molecule has 5 nitrogen and oxygen atoms in total. The van der Waals surface area contributed by atoms with Crippen LogP contribution in [0.2, 0.25) is 0 Å². The van der Waals surface area contributed by atoms with E-state index in [1.807, 2.05) is 25.0 Å². The Morgan fingerprint density at radius 2 is 2.24 bits per heavy atom. The van der Waals surface area contributed by atoms with Crippen LogP contribution in [0, 0.1) is 6.92 Å². The van der Waals surface area contributed by atoms with Gasteiger partial charge in [0, 0.05) is 61.9 Å². The molecule has 0 unspecified atom stereocenters. The summed E-state index contributed by atoms with van der Waals surface area (Å²) in [6, 6.07) is 4.27. The Morgan fingerprint density at radius 1 is 1.38 bits per heavy atom. The second-order valence-corrected chi connectivity index (χ2v) is 5.92. The van der Waals surface area contributed by atoms with E-state index in [0.29, 0.717) is 5.92 Å². The van der Waals surface area contributed by atoms with Crippen molar-refractivity contribution in [3.63, 3.8) is 0 Å². The number of hydrogen-bond acceptors (Lipinski definition) is 4. The van der Waals surface area contributed by atoms with Gasteiger partial charge < -0.3 is 5.32 Å². The molecule has 1 fully saturated rings. The summed E-state index contributed by atoms with van der Waals surface area (Å²) in [7, 11) is 3.92. The molecular formula is C16H23N5. The zero-order valence-electron chi connectivity index (χ0n) is 13.0. The molecule has 3 heterocycles. The highest BCUT2D eigenvalue weighted by molar-refractivity contribution is 5.45. The molecule has 21 heavy (non-hydrogen) atoms. The average molecular weight is 285 g/mol. The molecule has 0 radical (unpaired) electrons. The highest BCUT2D eigenvalue weighted by Crippen LogP contribution is 2.28. The van der Waals surface area contributed by atoms with Gasteiger partial charge in [0.1, 0.15) is 0 Å². The Bertz CT molecular complexity index is 619. The average Bonchev–Trinajstić information content (AvgIpc) is 3.08. The van der Waals surface area contributed by atoms with Crippen molar-refractivity contribution in [2.24, 2.45) is 7.05 Å². The largest absolute Gasteiger partial charge is 0.388 e. The van der Waals surface area contributed by atoms with Crippen LogP contribution in [0.1, 0.15) is 29.3 Å². The predicted molar refractivity (Wildman–Crippen MR) is 84.4 cm³/mol. The first-order valence-electron chi connectivity index (χ1n) is 7.50. The zero-order chi connectivity index (χ0) is 14.8. The van der Waals surface area contributed by atoms with Crippen LogP contribution < -0.4 is 5.32 Å².